The van der Waals surface area contributed by atoms with Crippen molar-refractivity contribution in [3.8, 4) is 11.5 Å². The lowest BCUT2D eigenvalue weighted by Gasteiger charge is -2.16. The highest BCUT2D eigenvalue weighted by Gasteiger charge is 2.21. The van der Waals surface area contributed by atoms with Crippen molar-refractivity contribution in [3.63, 3.8) is 0 Å². The van der Waals surface area contributed by atoms with E-state index >= 15 is 0 Å². The molecular formula is C15H12O6. The summed E-state index contributed by atoms with van der Waals surface area (Å²) < 4.78 is 5.54. The minimum atomic E-state index is -0.449. The maximum Gasteiger partial charge on any atom is 0.196 e. The molecule has 1 unspecified atom stereocenters. The van der Waals surface area contributed by atoms with Gasteiger partial charge in [-0.2, -0.15) is 0 Å². The number of hydrogen-bond acceptors (Lipinski definition) is 6. The van der Waals surface area contributed by atoms with Crippen LogP contribution in [0.15, 0.2) is 51.1 Å². The third-order valence-electron chi connectivity index (χ3n) is 3.37. The molecule has 4 N–H and O–H groups in total. The molecule has 0 fully saturated rings. The largest absolute Gasteiger partial charge is 0.508 e. The van der Waals surface area contributed by atoms with Crippen molar-refractivity contribution in [1.29, 1.82) is 0 Å². The lowest BCUT2D eigenvalue weighted by molar-refractivity contribution is 0.308. The molecule has 0 bridgehead atoms. The van der Waals surface area contributed by atoms with Gasteiger partial charge in [-0.05, 0) is 6.08 Å². The summed E-state index contributed by atoms with van der Waals surface area (Å²) in [6.45, 7) is 0. The molecule has 1 aromatic heterocycles. The number of allylic oxidation sites excluding steroid dienone is 3. The van der Waals surface area contributed by atoms with Crippen LogP contribution < -0.4 is 5.43 Å². The number of phenols is 2. The van der Waals surface area contributed by atoms with Crippen molar-refractivity contribution < 1.29 is 24.8 Å². The van der Waals surface area contributed by atoms with E-state index in [2.05, 4.69) is 0 Å². The first-order valence-corrected chi connectivity index (χ1v) is 6.24. The van der Waals surface area contributed by atoms with Gasteiger partial charge in [-0.1, -0.05) is 6.08 Å². The Morgan fingerprint density at radius 3 is 2.57 bits per heavy atom. The molecule has 3 rings (SSSR count). The number of benzene rings is 1. The fourth-order valence-corrected chi connectivity index (χ4v) is 2.34. The first kappa shape index (κ1) is 13.1. The smallest absolute Gasteiger partial charge is 0.196 e. The van der Waals surface area contributed by atoms with Crippen LogP contribution >= 0.6 is 0 Å². The monoisotopic (exact) mass is 288 g/mol. The Morgan fingerprint density at radius 1 is 1.10 bits per heavy atom. The fourth-order valence-electron chi connectivity index (χ4n) is 2.34. The average molecular weight is 288 g/mol. The van der Waals surface area contributed by atoms with E-state index in [9.17, 15) is 25.2 Å². The van der Waals surface area contributed by atoms with Crippen molar-refractivity contribution in [1.82, 2.24) is 0 Å². The second kappa shape index (κ2) is 4.59. The number of aliphatic hydroxyl groups is 2. The van der Waals surface area contributed by atoms with Crippen LogP contribution in [0, 0.1) is 0 Å². The summed E-state index contributed by atoms with van der Waals surface area (Å²) in [4.78, 5) is 12.1. The molecule has 6 nitrogen and oxygen atoms in total. The molecule has 6 heteroatoms. The van der Waals surface area contributed by atoms with E-state index in [1.807, 2.05) is 0 Å². The van der Waals surface area contributed by atoms with Gasteiger partial charge in [0.25, 0.3) is 0 Å². The highest BCUT2D eigenvalue weighted by Crippen LogP contribution is 2.33. The molecule has 1 aliphatic carbocycles. The topological polar surface area (TPSA) is 111 Å². The van der Waals surface area contributed by atoms with Crippen LogP contribution in [0.4, 0.5) is 0 Å². The number of fused-ring (bicyclic) bond motifs is 1. The van der Waals surface area contributed by atoms with Crippen LogP contribution in [-0.2, 0) is 0 Å². The van der Waals surface area contributed by atoms with Gasteiger partial charge in [0.05, 0.1) is 0 Å². The second-order valence-corrected chi connectivity index (χ2v) is 4.85. The molecule has 1 aliphatic rings. The summed E-state index contributed by atoms with van der Waals surface area (Å²) in [5.74, 6) is -1.13. The summed E-state index contributed by atoms with van der Waals surface area (Å²) >= 11 is 0. The van der Waals surface area contributed by atoms with E-state index in [4.69, 9.17) is 4.42 Å². The van der Waals surface area contributed by atoms with Crippen LogP contribution in [0.2, 0.25) is 0 Å². The van der Waals surface area contributed by atoms with E-state index in [-0.39, 0.29) is 46.2 Å². The maximum absolute atomic E-state index is 12.1. The third kappa shape index (κ3) is 2.20. The summed E-state index contributed by atoms with van der Waals surface area (Å²) in [7, 11) is 0. The van der Waals surface area contributed by atoms with Gasteiger partial charge >= 0.3 is 0 Å². The average Bonchev–Trinajstić information content (AvgIpc) is 2.40. The van der Waals surface area contributed by atoms with Crippen molar-refractivity contribution in [3.05, 3.63) is 57.9 Å². The minimum Gasteiger partial charge on any atom is -0.508 e. The third-order valence-corrected chi connectivity index (χ3v) is 3.37. The normalized spacial score (nSPS) is 18.4. The summed E-state index contributed by atoms with van der Waals surface area (Å²) in [6.07, 6.45) is 3.02. The van der Waals surface area contributed by atoms with Gasteiger partial charge in [-0.25, -0.2) is 0 Å². The maximum atomic E-state index is 12.1. The molecule has 108 valence electrons. The predicted octanol–water partition coefficient (Wildman–Crippen LogP) is 2.58. The highest BCUT2D eigenvalue weighted by molar-refractivity contribution is 5.84. The summed E-state index contributed by atoms with van der Waals surface area (Å²) in [6, 6.07) is 3.52. The van der Waals surface area contributed by atoms with Gasteiger partial charge in [0, 0.05) is 30.5 Å². The first-order valence-electron chi connectivity index (χ1n) is 6.24. The number of rotatable bonds is 1. The van der Waals surface area contributed by atoms with E-state index in [0.29, 0.717) is 0 Å². The summed E-state index contributed by atoms with van der Waals surface area (Å²) in [5, 5.41) is 38.0. The van der Waals surface area contributed by atoms with Crippen LogP contribution in [0.25, 0.3) is 11.0 Å². The molecule has 1 atom stereocenters. The predicted molar refractivity (Wildman–Crippen MR) is 74.6 cm³/mol. The Balaban J connectivity index is 2.14. The van der Waals surface area contributed by atoms with E-state index in [0.717, 1.165) is 6.07 Å². The zero-order chi connectivity index (χ0) is 15.1. The minimum absolute atomic E-state index is 0.0149. The van der Waals surface area contributed by atoms with Crippen LogP contribution in [0.3, 0.4) is 0 Å². The van der Waals surface area contributed by atoms with Gasteiger partial charge in [0.2, 0.25) is 0 Å². The first-order chi connectivity index (χ1) is 9.95. The number of hydrogen-bond donors (Lipinski definition) is 4. The Bertz CT molecular complexity index is 843. The lowest BCUT2D eigenvalue weighted by Crippen LogP contribution is -2.08. The molecular weight excluding hydrogens is 276 g/mol. The van der Waals surface area contributed by atoms with E-state index in [1.165, 1.54) is 18.2 Å². The molecule has 1 heterocycles. The number of aromatic hydroxyl groups is 2. The van der Waals surface area contributed by atoms with Gasteiger partial charge in [-0.3, -0.25) is 4.79 Å². The molecule has 0 saturated carbocycles. The highest BCUT2D eigenvalue weighted by atomic mass is 16.3. The van der Waals surface area contributed by atoms with Crippen LogP contribution in [0.5, 0.6) is 11.5 Å². The van der Waals surface area contributed by atoms with Crippen LogP contribution in [-0.4, -0.2) is 20.4 Å². The van der Waals surface area contributed by atoms with Crippen LogP contribution in [0.1, 0.15) is 18.1 Å². The Hall–Kier alpha value is -2.89. The summed E-state index contributed by atoms with van der Waals surface area (Å²) in [5.41, 5.74) is -0.392. The Kier molecular flexibility index (Phi) is 2.86. The quantitative estimate of drug-likeness (QED) is 0.641. The zero-order valence-electron chi connectivity index (χ0n) is 10.8. The molecule has 0 radical (unpaired) electrons. The van der Waals surface area contributed by atoms with E-state index < -0.39 is 11.3 Å². The standard InChI is InChI=1S/C15H12O6/c16-8-4-11(19)15-12(20)6-13(21-14(15)5-8)7-1-2-9(17)10(18)3-7/h1-2,4-7,16-19H,3H2. The molecule has 1 aromatic carbocycles. The SMILES string of the molecule is O=c1cc(C2C=CC(O)=C(O)C2)oc2cc(O)cc(O)c12. The number of phenolic OH excluding ortho intramolecular Hbond substituents is 2. The van der Waals surface area contributed by atoms with Gasteiger partial charge < -0.3 is 24.8 Å². The van der Waals surface area contributed by atoms with Gasteiger partial charge in [0.15, 0.2) is 11.2 Å². The Labute approximate surface area is 118 Å². The van der Waals surface area contributed by atoms with Crippen molar-refractivity contribution in [2.24, 2.45) is 0 Å². The van der Waals surface area contributed by atoms with E-state index in [1.54, 1.807) is 6.08 Å². The molecule has 0 aliphatic heterocycles. The van der Waals surface area contributed by atoms with Gasteiger partial charge in [-0.15, -0.1) is 0 Å². The molecule has 0 amide bonds. The van der Waals surface area contributed by atoms with Gasteiger partial charge in [0.1, 0.15) is 34.0 Å². The zero-order valence-corrected chi connectivity index (χ0v) is 10.8. The number of aliphatic hydroxyl groups excluding tert-OH is 2. The second-order valence-electron chi connectivity index (χ2n) is 4.85. The molecule has 0 spiro atoms. The fraction of sp³-hybridized carbons (Fsp3) is 0.133. The van der Waals surface area contributed by atoms with Crippen molar-refractivity contribution in [2.45, 2.75) is 12.3 Å². The Morgan fingerprint density at radius 2 is 1.86 bits per heavy atom. The molecule has 0 saturated heterocycles. The van der Waals surface area contributed by atoms with Crippen molar-refractivity contribution >= 4 is 11.0 Å². The molecule has 21 heavy (non-hydrogen) atoms. The lowest BCUT2D eigenvalue weighted by atomic mass is 9.95. The molecule has 2 aromatic rings. The van der Waals surface area contributed by atoms with Crippen molar-refractivity contribution in [2.75, 3.05) is 0 Å².